The summed E-state index contributed by atoms with van der Waals surface area (Å²) in [6.07, 6.45) is 4.68. The van der Waals surface area contributed by atoms with Crippen LogP contribution in [0.2, 0.25) is 0 Å². The van der Waals surface area contributed by atoms with Gasteiger partial charge >= 0.3 is 5.97 Å². The van der Waals surface area contributed by atoms with Crippen LogP contribution in [0, 0.1) is 5.92 Å². The van der Waals surface area contributed by atoms with E-state index in [0.29, 0.717) is 6.61 Å². The van der Waals surface area contributed by atoms with Crippen LogP contribution in [0.5, 0.6) is 5.75 Å². The van der Waals surface area contributed by atoms with Crippen molar-refractivity contribution in [3.8, 4) is 5.75 Å². The van der Waals surface area contributed by atoms with Gasteiger partial charge in [-0.05, 0) is 47.0 Å². The molecule has 0 amide bonds. The number of carbonyl (C=O) groups is 1. The van der Waals surface area contributed by atoms with E-state index in [4.69, 9.17) is 4.74 Å². The molecule has 1 fully saturated rings. The number of hydrogen-bond donors (Lipinski definition) is 3. The summed E-state index contributed by atoms with van der Waals surface area (Å²) in [7, 11) is 0. The van der Waals surface area contributed by atoms with Crippen molar-refractivity contribution in [2.45, 2.75) is 51.6 Å². The number of carboxylic acid groups (broad SMARTS) is 1. The van der Waals surface area contributed by atoms with E-state index in [1.807, 2.05) is 25.1 Å². The fourth-order valence-corrected chi connectivity index (χ4v) is 3.39. The molecule has 0 bridgehead atoms. The molecule has 0 radical (unpaired) electrons. The predicted molar refractivity (Wildman–Crippen MR) is 93.4 cm³/mol. The summed E-state index contributed by atoms with van der Waals surface area (Å²) >= 11 is 3.53. The molecule has 1 aromatic carbocycles. The molecular weight excluding hydrogens is 360 g/mol. The van der Waals surface area contributed by atoms with Gasteiger partial charge in [-0.2, -0.15) is 0 Å². The minimum atomic E-state index is -0.799. The topological polar surface area (TPSA) is 70.6 Å². The van der Waals surface area contributed by atoms with Gasteiger partial charge in [0.2, 0.25) is 0 Å². The number of hydrogen-bond acceptors (Lipinski definition) is 4. The van der Waals surface area contributed by atoms with Crippen LogP contribution in [0.4, 0.5) is 0 Å². The highest BCUT2D eigenvalue weighted by atomic mass is 79.9. The molecule has 0 saturated carbocycles. The number of aliphatic carboxylic acids is 1. The molecule has 128 valence electrons. The van der Waals surface area contributed by atoms with Gasteiger partial charge in [0, 0.05) is 6.04 Å². The average molecular weight is 385 g/mol. The summed E-state index contributed by atoms with van der Waals surface area (Å²) < 4.78 is 6.65. The summed E-state index contributed by atoms with van der Waals surface area (Å²) in [6, 6.07) is 5.40. The van der Waals surface area contributed by atoms with E-state index < -0.39 is 11.9 Å². The van der Waals surface area contributed by atoms with Crippen molar-refractivity contribution in [3.05, 3.63) is 28.2 Å². The van der Waals surface area contributed by atoms with Gasteiger partial charge in [0.25, 0.3) is 0 Å². The zero-order valence-electron chi connectivity index (χ0n) is 13.6. The number of benzene rings is 1. The molecule has 2 rings (SSSR count). The lowest BCUT2D eigenvalue weighted by Crippen LogP contribution is -2.30. The number of halogens is 1. The first kappa shape index (κ1) is 18.2. The van der Waals surface area contributed by atoms with Gasteiger partial charge in [-0.1, -0.05) is 32.3 Å². The molecule has 1 aliphatic rings. The molecule has 0 aromatic heterocycles. The zero-order valence-corrected chi connectivity index (χ0v) is 15.2. The zero-order chi connectivity index (χ0) is 16.8. The summed E-state index contributed by atoms with van der Waals surface area (Å²) in [4.78, 5) is 11.5. The second kappa shape index (κ2) is 8.66. The molecule has 3 N–H and O–H groups in total. The first-order valence-electron chi connectivity index (χ1n) is 8.20. The Kier molecular flexibility index (Phi) is 6.87. The molecule has 1 aliphatic heterocycles. The van der Waals surface area contributed by atoms with E-state index in [0.717, 1.165) is 22.2 Å². The van der Waals surface area contributed by atoms with Crippen LogP contribution in [0.1, 0.15) is 51.1 Å². The van der Waals surface area contributed by atoms with Crippen LogP contribution >= 0.6 is 15.9 Å². The third kappa shape index (κ3) is 4.68. The molecular formula is C17H25BrN2O3. The van der Waals surface area contributed by atoms with E-state index in [9.17, 15) is 9.90 Å². The number of hydrazine groups is 1. The van der Waals surface area contributed by atoms with E-state index in [1.165, 1.54) is 19.3 Å². The minimum absolute atomic E-state index is 0.120. The Labute approximate surface area is 145 Å². The third-order valence-corrected chi connectivity index (χ3v) is 4.84. The summed E-state index contributed by atoms with van der Waals surface area (Å²) in [5, 5.41) is 9.41. The Morgan fingerprint density at radius 1 is 1.30 bits per heavy atom. The van der Waals surface area contributed by atoms with Crippen molar-refractivity contribution in [1.29, 1.82) is 0 Å². The Bertz CT molecular complexity index is 539. The smallest absolute Gasteiger partial charge is 0.310 e. The van der Waals surface area contributed by atoms with Gasteiger partial charge in [0.15, 0.2) is 0 Å². The SMILES string of the molecule is CCCCCCOc1ccc(C2NNC(C)C2C(=O)O)cc1Br. The fraction of sp³-hybridized carbons (Fsp3) is 0.588. The van der Waals surface area contributed by atoms with Crippen molar-refractivity contribution in [2.75, 3.05) is 6.61 Å². The highest BCUT2D eigenvalue weighted by Crippen LogP contribution is 2.34. The van der Waals surface area contributed by atoms with Gasteiger partial charge in [-0.15, -0.1) is 0 Å². The fourth-order valence-electron chi connectivity index (χ4n) is 2.88. The molecule has 6 heteroatoms. The van der Waals surface area contributed by atoms with E-state index in [2.05, 4.69) is 33.7 Å². The number of unbranched alkanes of at least 4 members (excludes halogenated alkanes) is 3. The van der Waals surface area contributed by atoms with Crippen molar-refractivity contribution < 1.29 is 14.6 Å². The quantitative estimate of drug-likeness (QED) is 0.596. The van der Waals surface area contributed by atoms with Crippen LogP contribution in [-0.4, -0.2) is 23.7 Å². The lowest BCUT2D eigenvalue weighted by atomic mass is 9.90. The largest absolute Gasteiger partial charge is 0.492 e. The number of ether oxygens (including phenoxy) is 1. The van der Waals surface area contributed by atoms with Gasteiger partial charge in [-0.25, -0.2) is 5.43 Å². The first-order valence-corrected chi connectivity index (χ1v) is 9.00. The van der Waals surface area contributed by atoms with Crippen LogP contribution in [0.15, 0.2) is 22.7 Å². The molecule has 1 aromatic rings. The van der Waals surface area contributed by atoms with Gasteiger partial charge in [0.1, 0.15) is 5.75 Å². The maximum atomic E-state index is 11.5. The summed E-state index contributed by atoms with van der Waals surface area (Å²) in [5.74, 6) is -0.494. The lowest BCUT2D eigenvalue weighted by Gasteiger charge is -2.18. The highest BCUT2D eigenvalue weighted by Gasteiger charge is 2.39. The van der Waals surface area contributed by atoms with Crippen molar-refractivity contribution in [3.63, 3.8) is 0 Å². The van der Waals surface area contributed by atoms with Crippen LogP contribution in [0.3, 0.4) is 0 Å². The normalized spacial score (nSPS) is 23.9. The van der Waals surface area contributed by atoms with Crippen molar-refractivity contribution in [1.82, 2.24) is 10.9 Å². The van der Waals surface area contributed by atoms with Crippen LogP contribution < -0.4 is 15.6 Å². The summed E-state index contributed by atoms with van der Waals surface area (Å²) in [6.45, 7) is 4.76. The Hall–Kier alpha value is -1.11. The van der Waals surface area contributed by atoms with E-state index in [1.54, 1.807) is 0 Å². The predicted octanol–water partition coefficient (Wildman–Crippen LogP) is 3.65. The molecule has 23 heavy (non-hydrogen) atoms. The van der Waals surface area contributed by atoms with Gasteiger partial charge in [-0.3, -0.25) is 10.2 Å². The molecule has 1 heterocycles. The molecule has 3 atom stereocenters. The Morgan fingerprint density at radius 3 is 2.74 bits per heavy atom. The number of rotatable bonds is 8. The van der Waals surface area contributed by atoms with Crippen LogP contribution in [-0.2, 0) is 4.79 Å². The van der Waals surface area contributed by atoms with Gasteiger partial charge in [0.05, 0.1) is 23.0 Å². The maximum Gasteiger partial charge on any atom is 0.310 e. The molecule has 3 unspecified atom stereocenters. The standard InChI is InChI=1S/C17H25BrN2O3/c1-3-4-5-6-9-23-14-8-7-12(10-13(14)18)16-15(17(21)22)11(2)19-20-16/h7-8,10-11,15-16,19-20H,3-6,9H2,1-2H3,(H,21,22). The molecule has 0 spiro atoms. The van der Waals surface area contributed by atoms with Crippen LogP contribution in [0.25, 0.3) is 0 Å². The number of nitrogens with one attached hydrogen (secondary N) is 2. The second-order valence-corrected chi connectivity index (χ2v) is 6.87. The minimum Gasteiger partial charge on any atom is -0.492 e. The molecule has 0 aliphatic carbocycles. The molecule has 5 nitrogen and oxygen atoms in total. The van der Waals surface area contributed by atoms with Crippen molar-refractivity contribution in [2.24, 2.45) is 5.92 Å². The van der Waals surface area contributed by atoms with Gasteiger partial charge < -0.3 is 9.84 Å². The number of carboxylic acids is 1. The third-order valence-electron chi connectivity index (χ3n) is 4.22. The van der Waals surface area contributed by atoms with E-state index >= 15 is 0 Å². The lowest BCUT2D eigenvalue weighted by molar-refractivity contribution is -0.142. The highest BCUT2D eigenvalue weighted by molar-refractivity contribution is 9.10. The Morgan fingerprint density at radius 2 is 2.09 bits per heavy atom. The molecule has 1 saturated heterocycles. The summed E-state index contributed by atoms with van der Waals surface area (Å²) in [5.41, 5.74) is 7.01. The van der Waals surface area contributed by atoms with E-state index in [-0.39, 0.29) is 12.1 Å². The maximum absolute atomic E-state index is 11.5. The monoisotopic (exact) mass is 384 g/mol. The Balaban J connectivity index is 2.00. The first-order chi connectivity index (χ1) is 11.0. The second-order valence-electron chi connectivity index (χ2n) is 6.02. The van der Waals surface area contributed by atoms with Crippen molar-refractivity contribution >= 4 is 21.9 Å². The average Bonchev–Trinajstić information content (AvgIpc) is 2.90.